The molecule has 23 heavy (non-hydrogen) atoms. The van der Waals surface area contributed by atoms with Gasteiger partial charge in [-0.15, -0.1) is 0 Å². The Hall–Kier alpha value is -2.89. The Morgan fingerprint density at radius 2 is 1.87 bits per heavy atom. The van der Waals surface area contributed by atoms with Gasteiger partial charge in [0.25, 0.3) is 0 Å². The molecule has 3 rings (SSSR count). The number of Topliss-reactive ketones (excluding diaryl/α,β-unsaturated/α-hetero) is 1. The highest BCUT2D eigenvalue weighted by atomic mass is 16.6. The number of ether oxygens (including phenoxy) is 2. The Morgan fingerprint density at radius 3 is 2.61 bits per heavy atom. The van der Waals surface area contributed by atoms with E-state index in [1.807, 2.05) is 6.07 Å². The van der Waals surface area contributed by atoms with Gasteiger partial charge in [0.05, 0.1) is 11.5 Å². The first kappa shape index (κ1) is 15.0. The summed E-state index contributed by atoms with van der Waals surface area (Å²) in [6, 6.07) is 9.71. The van der Waals surface area contributed by atoms with E-state index < -0.39 is 4.92 Å². The van der Waals surface area contributed by atoms with Crippen molar-refractivity contribution in [1.29, 1.82) is 0 Å². The summed E-state index contributed by atoms with van der Waals surface area (Å²) in [6.45, 7) is 2.08. The van der Waals surface area contributed by atoms with E-state index in [-0.39, 0.29) is 17.2 Å². The highest BCUT2D eigenvalue weighted by molar-refractivity contribution is 6.00. The second kappa shape index (κ2) is 6.08. The second-order valence-electron chi connectivity index (χ2n) is 5.16. The zero-order valence-electron chi connectivity index (χ0n) is 12.6. The number of aryl methyl sites for hydroxylation is 1. The predicted molar refractivity (Wildman–Crippen MR) is 83.4 cm³/mol. The Labute approximate surface area is 132 Å². The molecule has 0 N–H and O–H groups in total. The highest BCUT2D eigenvalue weighted by Gasteiger charge is 2.20. The monoisotopic (exact) mass is 313 g/mol. The minimum absolute atomic E-state index is 0.0984. The van der Waals surface area contributed by atoms with Crippen molar-refractivity contribution in [3.63, 3.8) is 0 Å². The second-order valence-corrected chi connectivity index (χ2v) is 5.16. The smallest absolute Gasteiger partial charge is 0.311 e. The summed E-state index contributed by atoms with van der Waals surface area (Å²) in [7, 11) is 0. The minimum atomic E-state index is -0.490. The van der Waals surface area contributed by atoms with Gasteiger partial charge in [0.1, 0.15) is 11.5 Å². The third-order valence-electron chi connectivity index (χ3n) is 3.66. The molecule has 0 fully saturated rings. The number of ketones is 1. The Balaban J connectivity index is 1.87. The predicted octanol–water partition coefficient (Wildman–Crippen LogP) is 3.91. The molecule has 118 valence electrons. The zero-order chi connectivity index (χ0) is 16.4. The number of fused-ring (bicyclic) bond motifs is 1. The molecule has 0 radical (unpaired) electrons. The van der Waals surface area contributed by atoms with Crippen molar-refractivity contribution in [3.05, 3.63) is 57.6 Å². The van der Waals surface area contributed by atoms with E-state index in [0.29, 0.717) is 24.5 Å². The Kier molecular flexibility index (Phi) is 3.97. The van der Waals surface area contributed by atoms with Gasteiger partial charge in [-0.05, 0) is 43.2 Å². The fourth-order valence-electron chi connectivity index (χ4n) is 2.61. The Bertz CT molecular complexity index is 785. The molecule has 0 atom stereocenters. The molecule has 0 bridgehead atoms. The molecular weight excluding hydrogens is 298 g/mol. The molecule has 0 spiro atoms. The number of nitrogens with zero attached hydrogens (tertiary/aromatic N) is 1. The molecule has 0 aromatic heterocycles. The van der Waals surface area contributed by atoms with E-state index >= 15 is 0 Å². The third kappa shape index (κ3) is 3.01. The minimum Gasteiger partial charge on any atom is -0.487 e. The van der Waals surface area contributed by atoms with E-state index in [9.17, 15) is 14.9 Å². The van der Waals surface area contributed by atoms with Crippen LogP contribution in [0.15, 0.2) is 36.4 Å². The van der Waals surface area contributed by atoms with Gasteiger partial charge in [-0.1, -0.05) is 0 Å². The van der Waals surface area contributed by atoms with Gasteiger partial charge in [-0.2, -0.15) is 0 Å². The van der Waals surface area contributed by atoms with Crippen molar-refractivity contribution in [3.8, 4) is 17.2 Å². The van der Waals surface area contributed by atoms with Gasteiger partial charge in [-0.25, -0.2) is 0 Å². The van der Waals surface area contributed by atoms with Gasteiger partial charge in [0.15, 0.2) is 5.78 Å². The van der Waals surface area contributed by atoms with Crippen LogP contribution in [0.4, 0.5) is 5.69 Å². The molecule has 2 aromatic rings. The van der Waals surface area contributed by atoms with Crippen LogP contribution >= 0.6 is 0 Å². The maximum absolute atomic E-state index is 11.6. The molecule has 1 aliphatic rings. The average molecular weight is 313 g/mol. The normalized spacial score (nSPS) is 12.8. The van der Waals surface area contributed by atoms with Crippen LogP contribution < -0.4 is 9.47 Å². The quantitative estimate of drug-likeness (QED) is 0.617. The van der Waals surface area contributed by atoms with Crippen molar-refractivity contribution >= 4 is 11.5 Å². The number of nitro benzene ring substituents is 1. The maximum atomic E-state index is 11.6. The molecule has 0 saturated heterocycles. The SMILES string of the molecule is CCOc1cc(Oc2ccc3c(c2)CCC3=O)ccc1[N+](=O)[O-]. The van der Waals surface area contributed by atoms with Gasteiger partial charge in [0, 0.05) is 24.1 Å². The molecular formula is C17H15NO5. The summed E-state index contributed by atoms with van der Waals surface area (Å²) >= 11 is 0. The van der Waals surface area contributed by atoms with Crippen LogP contribution in [0.25, 0.3) is 0 Å². The maximum Gasteiger partial charge on any atom is 0.311 e. The van der Waals surface area contributed by atoms with Crippen LogP contribution in [0.3, 0.4) is 0 Å². The van der Waals surface area contributed by atoms with Crippen molar-refractivity contribution in [1.82, 2.24) is 0 Å². The molecule has 0 saturated carbocycles. The summed E-state index contributed by atoms with van der Waals surface area (Å²) in [4.78, 5) is 22.1. The summed E-state index contributed by atoms with van der Waals surface area (Å²) in [5.41, 5.74) is 1.62. The number of hydrogen-bond donors (Lipinski definition) is 0. The molecule has 0 heterocycles. The van der Waals surface area contributed by atoms with Crippen LogP contribution in [0, 0.1) is 10.1 Å². The number of nitro groups is 1. The number of benzene rings is 2. The molecule has 6 heteroatoms. The lowest BCUT2D eigenvalue weighted by atomic mass is 10.1. The summed E-state index contributed by atoms with van der Waals surface area (Å²) in [5, 5.41) is 11.0. The van der Waals surface area contributed by atoms with Crippen molar-refractivity contribution in [2.75, 3.05) is 6.61 Å². The first-order chi connectivity index (χ1) is 11.1. The fourth-order valence-corrected chi connectivity index (χ4v) is 2.61. The van der Waals surface area contributed by atoms with Crippen LogP contribution in [0.5, 0.6) is 17.2 Å². The largest absolute Gasteiger partial charge is 0.487 e. The molecule has 2 aromatic carbocycles. The molecule has 1 aliphatic carbocycles. The van der Waals surface area contributed by atoms with E-state index in [0.717, 1.165) is 17.5 Å². The van der Waals surface area contributed by atoms with Crippen LogP contribution in [0.2, 0.25) is 0 Å². The van der Waals surface area contributed by atoms with E-state index in [1.54, 1.807) is 19.1 Å². The Morgan fingerprint density at radius 1 is 1.13 bits per heavy atom. The van der Waals surface area contributed by atoms with E-state index in [2.05, 4.69) is 0 Å². The lowest BCUT2D eigenvalue weighted by Crippen LogP contribution is -1.98. The topological polar surface area (TPSA) is 78.7 Å². The van der Waals surface area contributed by atoms with Gasteiger partial charge < -0.3 is 9.47 Å². The average Bonchev–Trinajstić information content (AvgIpc) is 2.88. The van der Waals surface area contributed by atoms with E-state index in [4.69, 9.17) is 9.47 Å². The summed E-state index contributed by atoms with van der Waals surface area (Å²) in [6.07, 6.45) is 1.25. The molecule has 6 nitrogen and oxygen atoms in total. The van der Waals surface area contributed by atoms with Gasteiger partial charge in [0.2, 0.25) is 5.75 Å². The number of carbonyl (C=O) groups is 1. The van der Waals surface area contributed by atoms with Crippen molar-refractivity contribution < 1.29 is 19.2 Å². The molecule has 0 unspecified atom stereocenters. The third-order valence-corrected chi connectivity index (χ3v) is 3.66. The summed E-state index contributed by atoms with van der Waals surface area (Å²) in [5.74, 6) is 1.37. The van der Waals surface area contributed by atoms with Gasteiger partial charge in [-0.3, -0.25) is 14.9 Å². The highest BCUT2D eigenvalue weighted by Crippen LogP contribution is 2.34. The lowest BCUT2D eigenvalue weighted by molar-refractivity contribution is -0.385. The molecule has 0 aliphatic heterocycles. The zero-order valence-corrected chi connectivity index (χ0v) is 12.6. The van der Waals surface area contributed by atoms with Crippen LogP contribution in [0.1, 0.15) is 29.3 Å². The first-order valence-corrected chi connectivity index (χ1v) is 7.33. The number of hydrogen-bond acceptors (Lipinski definition) is 5. The standard InChI is InChI=1S/C17H15NO5/c1-2-22-17-10-13(5-7-15(17)18(20)21)23-12-4-6-14-11(9-12)3-8-16(14)19/h4-7,9-10H,2-3,8H2,1H3. The fraction of sp³-hybridized carbons (Fsp3) is 0.235. The summed E-state index contributed by atoms with van der Waals surface area (Å²) < 4.78 is 11.0. The van der Waals surface area contributed by atoms with Gasteiger partial charge >= 0.3 is 5.69 Å². The van der Waals surface area contributed by atoms with E-state index in [1.165, 1.54) is 18.2 Å². The number of carbonyl (C=O) groups excluding carboxylic acids is 1. The van der Waals surface area contributed by atoms with Crippen molar-refractivity contribution in [2.45, 2.75) is 19.8 Å². The van der Waals surface area contributed by atoms with Crippen LogP contribution in [-0.2, 0) is 6.42 Å². The van der Waals surface area contributed by atoms with Crippen molar-refractivity contribution in [2.24, 2.45) is 0 Å². The lowest BCUT2D eigenvalue weighted by Gasteiger charge is -2.10. The molecule has 0 amide bonds. The first-order valence-electron chi connectivity index (χ1n) is 7.33. The number of rotatable bonds is 5. The van der Waals surface area contributed by atoms with Crippen LogP contribution in [-0.4, -0.2) is 17.3 Å².